The van der Waals surface area contributed by atoms with E-state index in [0.717, 1.165) is 6.42 Å². The number of hydrogen-bond donors (Lipinski definition) is 1. The molecule has 0 spiro atoms. The quantitative estimate of drug-likeness (QED) is 0.695. The molecule has 0 unspecified atom stereocenters. The maximum atomic E-state index is 12.6. The maximum Gasteiger partial charge on any atom is 0.262 e. The van der Waals surface area contributed by atoms with Gasteiger partial charge in [0, 0.05) is 29.9 Å². The van der Waals surface area contributed by atoms with Crippen LogP contribution in [-0.2, 0) is 11.3 Å². The summed E-state index contributed by atoms with van der Waals surface area (Å²) in [5, 5.41) is 4.05. The highest BCUT2D eigenvalue weighted by atomic mass is 16.6. The standard InChI is InChI=1S/C22H22N2O5/c1-2-9-24-10-8-16-17(22(24)26)4-3-5-18(16)29-14-21(25)23-15-6-7-19-20(13-15)28-12-11-27-19/h3-8,10,13H,2,9,11-12,14H2,1H3,(H,23,25). The van der Waals surface area contributed by atoms with Crippen LogP contribution >= 0.6 is 0 Å². The van der Waals surface area contributed by atoms with E-state index < -0.39 is 0 Å². The van der Waals surface area contributed by atoms with Crippen LogP contribution in [0.5, 0.6) is 17.2 Å². The van der Waals surface area contributed by atoms with Crippen molar-refractivity contribution < 1.29 is 19.0 Å². The number of nitrogens with one attached hydrogen (secondary N) is 1. The smallest absolute Gasteiger partial charge is 0.262 e. The van der Waals surface area contributed by atoms with Crippen LogP contribution in [0.3, 0.4) is 0 Å². The highest BCUT2D eigenvalue weighted by Crippen LogP contribution is 2.32. The Labute approximate surface area is 167 Å². The molecule has 2 heterocycles. The summed E-state index contributed by atoms with van der Waals surface area (Å²) in [6, 6.07) is 12.4. The fourth-order valence-electron chi connectivity index (χ4n) is 3.29. The number of hydrogen-bond acceptors (Lipinski definition) is 5. The lowest BCUT2D eigenvalue weighted by Crippen LogP contribution is -2.21. The molecule has 1 aliphatic heterocycles. The molecule has 0 bridgehead atoms. The lowest BCUT2D eigenvalue weighted by molar-refractivity contribution is -0.118. The molecule has 0 radical (unpaired) electrons. The van der Waals surface area contributed by atoms with Gasteiger partial charge in [0.2, 0.25) is 0 Å². The molecular weight excluding hydrogens is 372 g/mol. The van der Waals surface area contributed by atoms with E-state index in [-0.39, 0.29) is 18.1 Å². The molecule has 0 saturated carbocycles. The summed E-state index contributed by atoms with van der Waals surface area (Å²) in [6.07, 6.45) is 2.64. The molecule has 1 aromatic heterocycles. The van der Waals surface area contributed by atoms with Gasteiger partial charge in [-0.05, 0) is 36.8 Å². The van der Waals surface area contributed by atoms with Crippen molar-refractivity contribution in [3.63, 3.8) is 0 Å². The Morgan fingerprint density at radius 2 is 1.93 bits per heavy atom. The number of rotatable bonds is 6. The molecular formula is C22H22N2O5. The van der Waals surface area contributed by atoms with Crippen molar-refractivity contribution in [1.82, 2.24) is 4.57 Å². The fourth-order valence-corrected chi connectivity index (χ4v) is 3.29. The summed E-state index contributed by atoms with van der Waals surface area (Å²) >= 11 is 0. The number of amides is 1. The summed E-state index contributed by atoms with van der Waals surface area (Å²) in [5.41, 5.74) is 0.541. The van der Waals surface area contributed by atoms with E-state index in [1.54, 1.807) is 47.2 Å². The van der Waals surface area contributed by atoms with Crippen LogP contribution in [0, 0.1) is 0 Å². The number of pyridine rings is 1. The number of ether oxygens (including phenoxy) is 3. The van der Waals surface area contributed by atoms with Gasteiger partial charge >= 0.3 is 0 Å². The number of benzene rings is 2. The minimum absolute atomic E-state index is 0.0597. The summed E-state index contributed by atoms with van der Waals surface area (Å²) in [7, 11) is 0. The first-order chi connectivity index (χ1) is 14.2. The SMILES string of the molecule is CCCn1ccc2c(OCC(=O)Nc3ccc4c(c3)OCCO4)cccc2c1=O. The van der Waals surface area contributed by atoms with Gasteiger partial charge in [-0.1, -0.05) is 13.0 Å². The predicted molar refractivity (Wildman–Crippen MR) is 110 cm³/mol. The van der Waals surface area contributed by atoms with Gasteiger partial charge in [0.1, 0.15) is 19.0 Å². The number of carbonyl (C=O) groups is 1. The highest BCUT2D eigenvalue weighted by molar-refractivity contribution is 5.93. The normalized spacial score (nSPS) is 12.6. The van der Waals surface area contributed by atoms with Crippen LogP contribution in [0.2, 0.25) is 0 Å². The largest absolute Gasteiger partial charge is 0.486 e. The number of carbonyl (C=O) groups excluding carboxylic acids is 1. The molecule has 2 aromatic carbocycles. The average molecular weight is 394 g/mol. The van der Waals surface area contributed by atoms with Crippen LogP contribution in [-0.4, -0.2) is 30.3 Å². The maximum absolute atomic E-state index is 12.6. The number of nitrogens with zero attached hydrogens (tertiary/aromatic N) is 1. The van der Waals surface area contributed by atoms with Gasteiger partial charge in [-0.25, -0.2) is 0 Å². The lowest BCUT2D eigenvalue weighted by atomic mass is 10.1. The monoisotopic (exact) mass is 394 g/mol. The highest BCUT2D eigenvalue weighted by Gasteiger charge is 2.14. The first-order valence-electron chi connectivity index (χ1n) is 9.60. The Kier molecular flexibility index (Phi) is 5.37. The van der Waals surface area contributed by atoms with E-state index in [1.807, 2.05) is 13.0 Å². The molecule has 150 valence electrons. The third kappa shape index (κ3) is 4.03. The molecule has 1 aliphatic rings. The van der Waals surface area contributed by atoms with Crippen LogP contribution in [0.25, 0.3) is 10.8 Å². The molecule has 29 heavy (non-hydrogen) atoms. The van der Waals surface area contributed by atoms with Crippen molar-refractivity contribution >= 4 is 22.4 Å². The molecule has 0 aliphatic carbocycles. The van der Waals surface area contributed by atoms with Crippen molar-refractivity contribution in [2.24, 2.45) is 0 Å². The molecule has 1 amide bonds. The third-order valence-corrected chi connectivity index (χ3v) is 4.63. The van der Waals surface area contributed by atoms with Gasteiger partial charge in [-0.3, -0.25) is 9.59 Å². The summed E-state index contributed by atoms with van der Waals surface area (Å²) in [6.45, 7) is 3.51. The van der Waals surface area contributed by atoms with Gasteiger partial charge in [0.15, 0.2) is 18.1 Å². The van der Waals surface area contributed by atoms with Crippen molar-refractivity contribution in [2.45, 2.75) is 19.9 Å². The molecule has 0 fully saturated rings. The second kappa shape index (κ2) is 8.26. The van der Waals surface area contributed by atoms with Gasteiger partial charge in [-0.15, -0.1) is 0 Å². The molecule has 0 atom stereocenters. The van der Waals surface area contributed by atoms with E-state index >= 15 is 0 Å². The van der Waals surface area contributed by atoms with Gasteiger partial charge in [0.05, 0.1) is 5.39 Å². The molecule has 7 heteroatoms. The van der Waals surface area contributed by atoms with Crippen LogP contribution in [0.1, 0.15) is 13.3 Å². The zero-order valence-electron chi connectivity index (χ0n) is 16.1. The number of fused-ring (bicyclic) bond motifs is 2. The lowest BCUT2D eigenvalue weighted by Gasteiger charge is -2.19. The molecule has 3 aromatic rings. The zero-order valence-corrected chi connectivity index (χ0v) is 16.1. The van der Waals surface area contributed by atoms with E-state index in [0.29, 0.717) is 53.5 Å². The van der Waals surface area contributed by atoms with Crippen LogP contribution in [0.4, 0.5) is 5.69 Å². The van der Waals surface area contributed by atoms with Gasteiger partial charge < -0.3 is 24.1 Å². The molecule has 0 saturated heterocycles. The topological polar surface area (TPSA) is 78.8 Å². The Hall–Kier alpha value is -3.48. The fraction of sp³-hybridized carbons (Fsp3) is 0.273. The molecule has 7 nitrogen and oxygen atoms in total. The van der Waals surface area contributed by atoms with E-state index in [2.05, 4.69) is 5.32 Å². The zero-order chi connectivity index (χ0) is 20.2. The van der Waals surface area contributed by atoms with Crippen molar-refractivity contribution in [1.29, 1.82) is 0 Å². The number of aromatic nitrogens is 1. The first-order valence-corrected chi connectivity index (χ1v) is 9.60. The predicted octanol–water partition coefficient (Wildman–Crippen LogP) is 3.20. The van der Waals surface area contributed by atoms with Crippen LogP contribution < -0.4 is 25.1 Å². The summed E-state index contributed by atoms with van der Waals surface area (Å²) in [5.74, 6) is 1.46. The van der Waals surface area contributed by atoms with Crippen molar-refractivity contribution in [2.75, 3.05) is 25.1 Å². The second-order valence-corrected chi connectivity index (χ2v) is 6.73. The molecule has 4 rings (SSSR count). The number of aryl methyl sites for hydroxylation is 1. The average Bonchev–Trinajstić information content (AvgIpc) is 2.74. The minimum Gasteiger partial charge on any atom is -0.486 e. The van der Waals surface area contributed by atoms with Crippen molar-refractivity contribution in [3.05, 3.63) is 59.0 Å². The Morgan fingerprint density at radius 1 is 1.10 bits per heavy atom. The second-order valence-electron chi connectivity index (χ2n) is 6.73. The van der Waals surface area contributed by atoms with Crippen molar-refractivity contribution in [3.8, 4) is 17.2 Å². The molecule has 1 N–H and O–H groups in total. The summed E-state index contributed by atoms with van der Waals surface area (Å²) < 4.78 is 18.4. The Balaban J connectivity index is 1.46. The first kappa shape index (κ1) is 18.9. The van der Waals surface area contributed by atoms with E-state index in [4.69, 9.17) is 14.2 Å². The Morgan fingerprint density at radius 3 is 2.76 bits per heavy atom. The summed E-state index contributed by atoms with van der Waals surface area (Å²) in [4.78, 5) is 24.9. The van der Waals surface area contributed by atoms with Gasteiger partial charge in [-0.2, -0.15) is 0 Å². The minimum atomic E-state index is -0.307. The van der Waals surface area contributed by atoms with Gasteiger partial charge in [0.25, 0.3) is 11.5 Å². The van der Waals surface area contributed by atoms with E-state index in [9.17, 15) is 9.59 Å². The third-order valence-electron chi connectivity index (χ3n) is 4.63. The number of anilines is 1. The van der Waals surface area contributed by atoms with Crippen LogP contribution in [0.15, 0.2) is 53.5 Å². The van der Waals surface area contributed by atoms with E-state index in [1.165, 1.54) is 0 Å². The Bertz CT molecular complexity index is 1110.